The summed E-state index contributed by atoms with van der Waals surface area (Å²) in [5.41, 5.74) is 5.46. The number of carbonyl (C=O) groups is 5. The Morgan fingerprint density at radius 3 is 1.93 bits per heavy atom. The summed E-state index contributed by atoms with van der Waals surface area (Å²) in [6, 6.07) is -5.40. The van der Waals surface area contributed by atoms with E-state index >= 15 is 0 Å². The van der Waals surface area contributed by atoms with Crippen LogP contribution in [0, 0.1) is 0 Å². The predicted octanol–water partition coefficient (Wildman–Crippen LogP) is -3.34. The Morgan fingerprint density at radius 1 is 0.963 bits per heavy atom. The van der Waals surface area contributed by atoms with Crippen LogP contribution in [0.1, 0.15) is 20.3 Å². The van der Waals surface area contributed by atoms with Gasteiger partial charge in [-0.25, -0.2) is 4.79 Å². The lowest BCUT2D eigenvalue weighted by atomic mass is 10.1. The van der Waals surface area contributed by atoms with Crippen LogP contribution in [0.25, 0.3) is 0 Å². The van der Waals surface area contributed by atoms with Crippen LogP contribution in [0.3, 0.4) is 0 Å². The number of amides is 3. The predicted molar refractivity (Wildman–Crippen MR) is 94.9 cm³/mol. The zero-order chi connectivity index (χ0) is 21.3. The molecule has 0 aliphatic carbocycles. The summed E-state index contributed by atoms with van der Waals surface area (Å²) in [6.45, 7) is 2.47. The molecule has 12 nitrogen and oxygen atoms in total. The van der Waals surface area contributed by atoms with Gasteiger partial charge >= 0.3 is 11.9 Å². The van der Waals surface area contributed by atoms with Crippen LogP contribution in [-0.2, 0) is 24.0 Å². The molecule has 13 heteroatoms. The number of aliphatic carboxylic acids is 2. The first-order valence-electron chi connectivity index (χ1n) is 7.80. The van der Waals surface area contributed by atoms with E-state index in [0.29, 0.717) is 0 Å². The molecule has 0 aliphatic rings. The summed E-state index contributed by atoms with van der Waals surface area (Å²) in [4.78, 5) is 57.6. The van der Waals surface area contributed by atoms with Gasteiger partial charge in [0.25, 0.3) is 0 Å². The van der Waals surface area contributed by atoms with E-state index in [9.17, 15) is 29.1 Å². The molecule has 8 N–H and O–H groups in total. The summed E-state index contributed by atoms with van der Waals surface area (Å²) in [7, 11) is 0. The van der Waals surface area contributed by atoms with Crippen molar-refractivity contribution in [2.75, 3.05) is 5.75 Å². The van der Waals surface area contributed by atoms with E-state index in [4.69, 9.17) is 15.9 Å². The maximum atomic E-state index is 12.2. The molecule has 3 amide bonds. The van der Waals surface area contributed by atoms with E-state index in [0.717, 1.165) is 6.92 Å². The Balaban J connectivity index is 5.03. The molecule has 0 aromatic carbocycles. The number of nitrogens with two attached hydrogens (primary N) is 1. The van der Waals surface area contributed by atoms with Gasteiger partial charge in [-0.2, -0.15) is 12.6 Å². The number of carboxylic acid groups (broad SMARTS) is 2. The van der Waals surface area contributed by atoms with Gasteiger partial charge in [0, 0.05) is 5.75 Å². The first-order valence-corrected chi connectivity index (χ1v) is 8.44. The highest BCUT2D eigenvalue weighted by atomic mass is 32.1. The number of aliphatic hydroxyl groups excluding tert-OH is 1. The quantitative estimate of drug-likeness (QED) is 0.160. The Bertz CT molecular complexity index is 585. The van der Waals surface area contributed by atoms with Gasteiger partial charge in [0.05, 0.1) is 18.6 Å². The largest absolute Gasteiger partial charge is 0.481 e. The Hall–Kier alpha value is -2.38. The van der Waals surface area contributed by atoms with Crippen molar-refractivity contribution in [3.63, 3.8) is 0 Å². The minimum absolute atomic E-state index is 0.0407. The molecule has 0 radical (unpaired) electrons. The molecule has 154 valence electrons. The molecule has 0 aromatic heterocycles. The van der Waals surface area contributed by atoms with Crippen LogP contribution in [0.2, 0.25) is 0 Å². The number of carboxylic acids is 2. The lowest BCUT2D eigenvalue weighted by Crippen LogP contribution is -2.59. The zero-order valence-electron chi connectivity index (χ0n) is 14.7. The van der Waals surface area contributed by atoms with Crippen LogP contribution < -0.4 is 21.7 Å². The number of rotatable bonds is 11. The molecular formula is C14H24N4O8S. The minimum Gasteiger partial charge on any atom is -0.481 e. The van der Waals surface area contributed by atoms with E-state index in [1.807, 2.05) is 5.32 Å². The van der Waals surface area contributed by atoms with Gasteiger partial charge in [0.2, 0.25) is 17.7 Å². The summed E-state index contributed by atoms with van der Waals surface area (Å²) < 4.78 is 0. The Labute approximate surface area is 160 Å². The third-order valence-electron chi connectivity index (χ3n) is 3.34. The fraction of sp³-hybridized carbons (Fsp3) is 0.643. The average molecular weight is 408 g/mol. The molecule has 5 atom stereocenters. The molecule has 0 aromatic rings. The number of thiol groups is 1. The molecular weight excluding hydrogens is 384 g/mol. The standard InChI is InChI=1S/C14H24N4O8S/c1-5(16-12(23)7(15)4-27)11(22)18-10(6(2)19)13(24)17-8(14(25)26)3-9(20)21/h5-8,10,19,27H,3-4,15H2,1-2H3,(H,16,23)(H,17,24)(H,18,22)(H,20,21)(H,25,26). The molecule has 0 fully saturated rings. The van der Waals surface area contributed by atoms with Gasteiger partial charge in [-0.3, -0.25) is 19.2 Å². The molecule has 0 saturated heterocycles. The number of nitrogens with one attached hydrogen (secondary N) is 3. The van der Waals surface area contributed by atoms with Crippen molar-refractivity contribution in [2.24, 2.45) is 5.73 Å². The minimum atomic E-state index is -1.75. The van der Waals surface area contributed by atoms with Crippen LogP contribution in [0.5, 0.6) is 0 Å². The third kappa shape index (κ3) is 8.70. The van der Waals surface area contributed by atoms with E-state index < -0.39 is 66.4 Å². The van der Waals surface area contributed by atoms with Crippen molar-refractivity contribution in [2.45, 2.75) is 50.5 Å². The fourth-order valence-corrected chi connectivity index (χ4v) is 1.95. The van der Waals surface area contributed by atoms with Gasteiger partial charge < -0.3 is 37.0 Å². The second kappa shape index (κ2) is 11.4. The summed E-state index contributed by atoms with van der Waals surface area (Å²) in [5.74, 6) is -5.62. The van der Waals surface area contributed by atoms with Crippen molar-refractivity contribution in [3.05, 3.63) is 0 Å². The maximum Gasteiger partial charge on any atom is 0.326 e. The monoisotopic (exact) mass is 408 g/mol. The first kappa shape index (κ1) is 24.6. The SMILES string of the molecule is CC(NC(=O)C(N)CS)C(=O)NC(C(=O)NC(CC(=O)O)C(=O)O)C(C)O. The lowest BCUT2D eigenvalue weighted by Gasteiger charge is -2.25. The summed E-state index contributed by atoms with van der Waals surface area (Å²) in [6.07, 6.45) is -2.33. The highest BCUT2D eigenvalue weighted by Crippen LogP contribution is 2.00. The lowest BCUT2D eigenvalue weighted by molar-refractivity contribution is -0.147. The van der Waals surface area contributed by atoms with E-state index in [-0.39, 0.29) is 5.75 Å². The maximum absolute atomic E-state index is 12.2. The summed E-state index contributed by atoms with van der Waals surface area (Å²) >= 11 is 3.85. The number of aliphatic hydroxyl groups is 1. The second-order valence-electron chi connectivity index (χ2n) is 5.74. The topological polar surface area (TPSA) is 208 Å². The number of hydrogen-bond acceptors (Lipinski definition) is 8. The average Bonchev–Trinajstić information content (AvgIpc) is 2.56. The van der Waals surface area contributed by atoms with Crippen molar-refractivity contribution in [1.82, 2.24) is 16.0 Å². The van der Waals surface area contributed by atoms with E-state index in [1.54, 1.807) is 0 Å². The van der Waals surface area contributed by atoms with Crippen molar-refractivity contribution < 1.29 is 39.3 Å². The second-order valence-corrected chi connectivity index (χ2v) is 6.11. The highest BCUT2D eigenvalue weighted by Gasteiger charge is 2.32. The Kier molecular flexibility index (Phi) is 10.4. The van der Waals surface area contributed by atoms with Crippen molar-refractivity contribution >= 4 is 42.3 Å². The van der Waals surface area contributed by atoms with Crippen LogP contribution >= 0.6 is 12.6 Å². The summed E-state index contributed by atoms with van der Waals surface area (Å²) in [5, 5.41) is 33.7. The zero-order valence-corrected chi connectivity index (χ0v) is 15.6. The molecule has 0 saturated carbocycles. The number of hydrogen-bond donors (Lipinski definition) is 8. The van der Waals surface area contributed by atoms with Gasteiger partial charge in [-0.05, 0) is 13.8 Å². The smallest absolute Gasteiger partial charge is 0.326 e. The van der Waals surface area contributed by atoms with Crippen molar-refractivity contribution in [1.29, 1.82) is 0 Å². The molecule has 5 unspecified atom stereocenters. The normalized spacial score (nSPS) is 16.2. The number of carbonyl (C=O) groups excluding carboxylic acids is 3. The first-order chi connectivity index (χ1) is 12.4. The highest BCUT2D eigenvalue weighted by molar-refractivity contribution is 7.80. The molecule has 0 bridgehead atoms. The van der Waals surface area contributed by atoms with Gasteiger partial charge in [-0.1, -0.05) is 0 Å². The van der Waals surface area contributed by atoms with Crippen LogP contribution in [0.15, 0.2) is 0 Å². The van der Waals surface area contributed by atoms with Crippen molar-refractivity contribution in [3.8, 4) is 0 Å². The fourth-order valence-electron chi connectivity index (χ4n) is 1.79. The van der Waals surface area contributed by atoms with Gasteiger partial charge in [0.15, 0.2) is 0 Å². The van der Waals surface area contributed by atoms with E-state index in [1.165, 1.54) is 6.92 Å². The molecule has 0 rings (SSSR count). The molecule has 0 heterocycles. The van der Waals surface area contributed by atoms with Crippen LogP contribution in [-0.4, -0.2) is 81.0 Å². The molecule has 0 aliphatic heterocycles. The molecule has 0 spiro atoms. The third-order valence-corrected chi connectivity index (χ3v) is 3.73. The Morgan fingerprint density at radius 2 is 1.52 bits per heavy atom. The van der Waals surface area contributed by atoms with E-state index in [2.05, 4.69) is 23.3 Å². The molecule has 27 heavy (non-hydrogen) atoms. The van der Waals surface area contributed by atoms with Gasteiger partial charge in [0.1, 0.15) is 18.1 Å². The van der Waals surface area contributed by atoms with Gasteiger partial charge in [-0.15, -0.1) is 0 Å². The van der Waals surface area contributed by atoms with Crippen LogP contribution in [0.4, 0.5) is 0 Å².